The molecule has 1 aliphatic heterocycles. The first-order chi connectivity index (χ1) is 8.11. The minimum Gasteiger partial charge on any atom is -0.394 e. The molecule has 94 valence electrons. The molecule has 1 saturated heterocycles. The summed E-state index contributed by atoms with van der Waals surface area (Å²) in [6, 6.07) is 2.20. The van der Waals surface area contributed by atoms with E-state index in [1.54, 1.807) is 0 Å². The van der Waals surface area contributed by atoms with Crippen LogP contribution in [0.3, 0.4) is 0 Å². The molecule has 2 heterocycles. The maximum atomic E-state index is 9.55. The first kappa shape index (κ1) is 12.3. The van der Waals surface area contributed by atoms with Crippen LogP contribution in [-0.2, 0) is 0 Å². The van der Waals surface area contributed by atoms with Gasteiger partial charge >= 0.3 is 0 Å². The lowest BCUT2D eigenvalue weighted by atomic mass is 9.91. The van der Waals surface area contributed by atoms with Gasteiger partial charge in [-0.1, -0.05) is 6.92 Å². The van der Waals surface area contributed by atoms with Crippen molar-refractivity contribution in [2.75, 3.05) is 18.1 Å². The van der Waals surface area contributed by atoms with Crippen LogP contribution in [0.2, 0.25) is 0 Å². The van der Waals surface area contributed by atoms with Gasteiger partial charge in [-0.15, -0.1) is 0 Å². The maximum absolute atomic E-state index is 9.55. The summed E-state index contributed by atoms with van der Waals surface area (Å²) in [6.07, 6.45) is 2.35. The molecule has 1 N–H and O–H groups in total. The Bertz CT molecular complexity index is 374. The summed E-state index contributed by atoms with van der Waals surface area (Å²) in [6.45, 7) is 7.28. The Hall–Kier alpha value is -1.16. The summed E-state index contributed by atoms with van der Waals surface area (Å²) in [5.74, 6) is 2.28. The summed E-state index contributed by atoms with van der Waals surface area (Å²) in [5.41, 5.74) is 0.988. The Kier molecular flexibility index (Phi) is 3.62. The fourth-order valence-electron chi connectivity index (χ4n) is 2.66. The van der Waals surface area contributed by atoms with Crippen LogP contribution in [-0.4, -0.2) is 34.3 Å². The Morgan fingerprint density at radius 3 is 2.82 bits per heavy atom. The molecule has 0 bridgehead atoms. The summed E-state index contributed by atoms with van der Waals surface area (Å²) in [5, 5.41) is 9.55. The van der Waals surface area contributed by atoms with E-state index in [1.807, 2.05) is 19.9 Å². The number of hydrogen-bond donors (Lipinski definition) is 1. The van der Waals surface area contributed by atoms with Gasteiger partial charge in [0, 0.05) is 18.3 Å². The molecule has 1 aliphatic rings. The molecule has 0 spiro atoms. The Morgan fingerprint density at radius 2 is 2.18 bits per heavy atom. The number of aromatic nitrogens is 2. The molecule has 0 radical (unpaired) electrons. The van der Waals surface area contributed by atoms with E-state index in [0.29, 0.717) is 5.92 Å². The number of aliphatic hydroxyl groups is 1. The predicted molar refractivity (Wildman–Crippen MR) is 68.1 cm³/mol. The van der Waals surface area contributed by atoms with Gasteiger partial charge in [0.25, 0.3) is 0 Å². The van der Waals surface area contributed by atoms with Crippen molar-refractivity contribution in [2.24, 2.45) is 5.92 Å². The molecule has 2 atom stereocenters. The molecular weight excluding hydrogens is 214 g/mol. The summed E-state index contributed by atoms with van der Waals surface area (Å²) in [4.78, 5) is 11.0. The van der Waals surface area contributed by atoms with Crippen LogP contribution >= 0.6 is 0 Å². The largest absolute Gasteiger partial charge is 0.394 e. The van der Waals surface area contributed by atoms with Gasteiger partial charge in [-0.25, -0.2) is 9.97 Å². The van der Waals surface area contributed by atoms with E-state index in [1.165, 1.54) is 12.8 Å². The zero-order valence-corrected chi connectivity index (χ0v) is 10.8. The van der Waals surface area contributed by atoms with Crippen molar-refractivity contribution in [3.8, 4) is 0 Å². The van der Waals surface area contributed by atoms with Crippen molar-refractivity contribution in [3.05, 3.63) is 17.6 Å². The van der Waals surface area contributed by atoms with Crippen LogP contribution in [0.4, 0.5) is 5.82 Å². The van der Waals surface area contributed by atoms with Crippen molar-refractivity contribution in [1.82, 2.24) is 9.97 Å². The highest BCUT2D eigenvalue weighted by molar-refractivity contribution is 5.41. The first-order valence-corrected chi connectivity index (χ1v) is 6.31. The molecule has 4 heteroatoms. The Morgan fingerprint density at radius 1 is 1.41 bits per heavy atom. The topological polar surface area (TPSA) is 49.2 Å². The van der Waals surface area contributed by atoms with Crippen molar-refractivity contribution in [3.63, 3.8) is 0 Å². The van der Waals surface area contributed by atoms with Gasteiger partial charge in [0.2, 0.25) is 0 Å². The third-order valence-electron chi connectivity index (χ3n) is 3.55. The molecule has 0 unspecified atom stereocenters. The van der Waals surface area contributed by atoms with Crippen molar-refractivity contribution < 1.29 is 5.11 Å². The zero-order valence-electron chi connectivity index (χ0n) is 10.8. The van der Waals surface area contributed by atoms with E-state index >= 15 is 0 Å². The molecule has 1 fully saturated rings. The van der Waals surface area contributed by atoms with Gasteiger partial charge < -0.3 is 10.0 Å². The maximum Gasteiger partial charge on any atom is 0.132 e. The van der Waals surface area contributed by atoms with Gasteiger partial charge in [0.05, 0.1) is 12.6 Å². The number of anilines is 1. The van der Waals surface area contributed by atoms with Gasteiger partial charge in [0.15, 0.2) is 0 Å². The quantitative estimate of drug-likeness (QED) is 0.847. The fourth-order valence-corrected chi connectivity index (χ4v) is 2.66. The second-order valence-electron chi connectivity index (χ2n) is 4.98. The third kappa shape index (κ3) is 2.57. The summed E-state index contributed by atoms with van der Waals surface area (Å²) >= 11 is 0. The van der Waals surface area contributed by atoms with Crippen LogP contribution in [0.1, 0.15) is 31.3 Å². The van der Waals surface area contributed by atoms with Crippen LogP contribution in [0.25, 0.3) is 0 Å². The van der Waals surface area contributed by atoms with Gasteiger partial charge in [-0.2, -0.15) is 0 Å². The molecular formula is C13H21N3O. The van der Waals surface area contributed by atoms with E-state index in [9.17, 15) is 5.11 Å². The molecule has 17 heavy (non-hydrogen) atoms. The molecule has 0 amide bonds. The number of piperidine rings is 1. The van der Waals surface area contributed by atoms with E-state index in [2.05, 4.69) is 21.8 Å². The number of rotatable bonds is 2. The van der Waals surface area contributed by atoms with E-state index < -0.39 is 0 Å². The second kappa shape index (κ2) is 5.00. The molecule has 2 rings (SSSR count). The average molecular weight is 235 g/mol. The highest BCUT2D eigenvalue weighted by atomic mass is 16.3. The predicted octanol–water partition coefficient (Wildman–Crippen LogP) is 1.69. The monoisotopic (exact) mass is 235 g/mol. The minimum absolute atomic E-state index is 0.192. The van der Waals surface area contributed by atoms with Crippen molar-refractivity contribution in [2.45, 2.75) is 39.7 Å². The van der Waals surface area contributed by atoms with Crippen LogP contribution in [0.5, 0.6) is 0 Å². The second-order valence-corrected chi connectivity index (χ2v) is 4.98. The molecule has 0 aliphatic carbocycles. The van der Waals surface area contributed by atoms with Crippen molar-refractivity contribution in [1.29, 1.82) is 0 Å². The average Bonchev–Trinajstić information content (AvgIpc) is 2.27. The lowest BCUT2D eigenvalue weighted by Gasteiger charge is -2.40. The number of aryl methyl sites for hydroxylation is 2. The number of nitrogens with zero attached hydrogens (tertiary/aromatic N) is 3. The normalized spacial score (nSPS) is 25.1. The van der Waals surface area contributed by atoms with Crippen LogP contribution < -0.4 is 4.90 Å². The first-order valence-electron chi connectivity index (χ1n) is 6.31. The molecule has 1 aromatic heterocycles. The van der Waals surface area contributed by atoms with Gasteiger partial charge in [-0.05, 0) is 32.6 Å². The Labute approximate surface area is 103 Å². The lowest BCUT2D eigenvalue weighted by Crippen LogP contribution is -2.47. The Balaban J connectivity index is 2.30. The summed E-state index contributed by atoms with van der Waals surface area (Å²) in [7, 11) is 0. The van der Waals surface area contributed by atoms with E-state index in [0.717, 1.165) is 23.9 Å². The highest BCUT2D eigenvalue weighted by Gasteiger charge is 2.28. The van der Waals surface area contributed by atoms with Crippen LogP contribution in [0.15, 0.2) is 6.07 Å². The van der Waals surface area contributed by atoms with E-state index in [-0.39, 0.29) is 12.6 Å². The van der Waals surface area contributed by atoms with Gasteiger partial charge in [0.1, 0.15) is 11.6 Å². The molecule has 0 aromatic carbocycles. The summed E-state index contributed by atoms with van der Waals surface area (Å²) < 4.78 is 0. The number of aliphatic hydroxyl groups excluding tert-OH is 1. The highest BCUT2D eigenvalue weighted by Crippen LogP contribution is 2.27. The standard InChI is InChI=1S/C13H21N3O/c1-9-5-4-6-16(12(9)8-17)13-7-10(2)14-11(3)15-13/h7,9,12,17H,4-6,8H2,1-3H3/t9-,12-/m0/s1. The number of hydrogen-bond acceptors (Lipinski definition) is 4. The van der Waals surface area contributed by atoms with E-state index in [4.69, 9.17) is 0 Å². The van der Waals surface area contributed by atoms with Gasteiger partial charge in [-0.3, -0.25) is 0 Å². The molecule has 0 saturated carbocycles. The zero-order chi connectivity index (χ0) is 12.4. The third-order valence-corrected chi connectivity index (χ3v) is 3.55. The molecule has 4 nitrogen and oxygen atoms in total. The SMILES string of the molecule is Cc1cc(N2CCC[C@H](C)[C@@H]2CO)nc(C)n1. The lowest BCUT2D eigenvalue weighted by molar-refractivity contribution is 0.202. The fraction of sp³-hybridized carbons (Fsp3) is 0.692. The van der Waals surface area contributed by atoms with Crippen molar-refractivity contribution >= 4 is 5.82 Å². The smallest absolute Gasteiger partial charge is 0.132 e. The van der Waals surface area contributed by atoms with Crippen LogP contribution in [0, 0.1) is 19.8 Å². The molecule has 1 aromatic rings. The minimum atomic E-state index is 0.192.